The summed E-state index contributed by atoms with van der Waals surface area (Å²) >= 11 is 0. The third kappa shape index (κ3) is 3.14. The van der Waals surface area contributed by atoms with Gasteiger partial charge in [0, 0.05) is 6.54 Å². The molecule has 17 heavy (non-hydrogen) atoms. The molecule has 0 radical (unpaired) electrons. The van der Waals surface area contributed by atoms with Crippen molar-refractivity contribution in [1.29, 1.82) is 0 Å². The number of carbonyl (C=O) groups excluding carboxylic acids is 1. The second kappa shape index (κ2) is 5.25. The maximum Gasteiger partial charge on any atom is 0.267 e. The van der Waals surface area contributed by atoms with Gasteiger partial charge in [0.15, 0.2) is 0 Å². The number of hydrogen-bond donors (Lipinski definition) is 2. The van der Waals surface area contributed by atoms with E-state index < -0.39 is 0 Å². The molecule has 0 saturated heterocycles. The van der Waals surface area contributed by atoms with Gasteiger partial charge in [-0.15, -0.1) is 0 Å². The zero-order chi connectivity index (χ0) is 12.1. The van der Waals surface area contributed by atoms with Crippen LogP contribution in [0, 0.1) is 5.82 Å². The average molecular weight is 233 g/mol. The normalized spacial score (nSPS) is 13.8. The predicted molar refractivity (Wildman–Crippen MR) is 62.8 cm³/mol. The smallest absolute Gasteiger partial charge is 0.267 e. The summed E-state index contributed by atoms with van der Waals surface area (Å²) in [5.74, 6) is -0.478. The Morgan fingerprint density at radius 2 is 2.18 bits per heavy atom. The largest absolute Gasteiger partial charge is 0.347 e. The minimum Gasteiger partial charge on any atom is -0.347 e. The molecule has 1 amide bonds. The molecular weight excluding hydrogens is 221 g/mol. The zero-order valence-corrected chi connectivity index (χ0v) is 9.11. The summed E-state index contributed by atoms with van der Waals surface area (Å²) in [4.78, 5) is 15.6. The van der Waals surface area contributed by atoms with Crippen molar-refractivity contribution >= 4 is 12.2 Å². The molecule has 1 heterocycles. The van der Waals surface area contributed by atoms with E-state index in [0.717, 1.165) is 5.56 Å². The van der Waals surface area contributed by atoms with Gasteiger partial charge in [0.25, 0.3) is 5.91 Å². The molecule has 0 bridgehead atoms. The highest BCUT2D eigenvalue weighted by Crippen LogP contribution is 2.02. The first kappa shape index (κ1) is 11.3. The Morgan fingerprint density at radius 1 is 1.41 bits per heavy atom. The van der Waals surface area contributed by atoms with Crippen LogP contribution in [0.25, 0.3) is 0 Å². The number of nitrogens with zero attached hydrogens (tertiary/aromatic N) is 1. The topological polar surface area (TPSA) is 53.5 Å². The summed E-state index contributed by atoms with van der Waals surface area (Å²) in [5.41, 5.74) is 1.34. The first-order valence-electron chi connectivity index (χ1n) is 5.23. The number of aliphatic imine (C=N–C) groups is 1. The Hall–Kier alpha value is -2.17. The second-order valence-electron chi connectivity index (χ2n) is 3.57. The van der Waals surface area contributed by atoms with Crippen molar-refractivity contribution < 1.29 is 9.18 Å². The van der Waals surface area contributed by atoms with E-state index in [4.69, 9.17) is 0 Å². The van der Waals surface area contributed by atoms with E-state index >= 15 is 0 Å². The number of halogens is 1. The predicted octanol–water partition coefficient (Wildman–Crippen LogP) is 0.957. The highest BCUT2D eigenvalue weighted by molar-refractivity contribution is 5.95. The first-order valence-corrected chi connectivity index (χ1v) is 5.23. The minimum absolute atomic E-state index is 0.194. The highest BCUT2D eigenvalue weighted by Gasteiger charge is 2.08. The fourth-order valence-corrected chi connectivity index (χ4v) is 1.41. The number of rotatable bonds is 3. The van der Waals surface area contributed by atoms with Gasteiger partial charge < -0.3 is 10.6 Å². The summed E-state index contributed by atoms with van der Waals surface area (Å²) in [6, 6.07) is 6.01. The lowest BCUT2D eigenvalue weighted by Crippen LogP contribution is -2.32. The average Bonchev–Trinajstić information content (AvgIpc) is 2.39. The van der Waals surface area contributed by atoms with Gasteiger partial charge in [-0.3, -0.25) is 9.79 Å². The zero-order valence-electron chi connectivity index (χ0n) is 9.11. The van der Waals surface area contributed by atoms with Crippen LogP contribution in [0.2, 0.25) is 0 Å². The minimum atomic E-state index is -0.284. The maximum atomic E-state index is 12.7. The number of amides is 1. The molecule has 0 spiro atoms. The lowest BCUT2D eigenvalue weighted by Gasteiger charge is -2.10. The molecule has 1 aromatic carbocycles. The molecule has 88 valence electrons. The Kier molecular flexibility index (Phi) is 3.49. The molecule has 0 unspecified atom stereocenters. The van der Waals surface area contributed by atoms with Gasteiger partial charge in [0.2, 0.25) is 0 Å². The fourth-order valence-electron chi connectivity index (χ4n) is 1.41. The third-order valence-corrected chi connectivity index (χ3v) is 2.32. The molecular formula is C12H12FN3O. The Bertz CT molecular complexity index is 465. The summed E-state index contributed by atoms with van der Waals surface area (Å²) in [6.45, 7) is 0.877. The molecule has 0 atom stereocenters. The van der Waals surface area contributed by atoms with E-state index in [2.05, 4.69) is 15.6 Å². The monoisotopic (exact) mass is 233 g/mol. The van der Waals surface area contributed by atoms with Crippen molar-refractivity contribution in [1.82, 2.24) is 10.6 Å². The number of benzene rings is 1. The van der Waals surface area contributed by atoms with Gasteiger partial charge in [-0.1, -0.05) is 12.1 Å². The Labute approximate surface area is 98.2 Å². The van der Waals surface area contributed by atoms with Crippen LogP contribution in [-0.4, -0.2) is 18.8 Å². The summed E-state index contributed by atoms with van der Waals surface area (Å²) in [6.07, 6.45) is 3.20. The van der Waals surface area contributed by atoms with E-state index in [0.29, 0.717) is 18.8 Å². The van der Waals surface area contributed by atoms with Crippen molar-refractivity contribution in [3.63, 3.8) is 0 Å². The van der Waals surface area contributed by atoms with Crippen LogP contribution < -0.4 is 10.6 Å². The highest BCUT2D eigenvalue weighted by atomic mass is 19.1. The van der Waals surface area contributed by atoms with E-state index in [1.165, 1.54) is 18.5 Å². The molecule has 4 nitrogen and oxygen atoms in total. The van der Waals surface area contributed by atoms with E-state index in [1.54, 1.807) is 18.2 Å². The van der Waals surface area contributed by atoms with Crippen molar-refractivity contribution in [3.05, 3.63) is 47.4 Å². The van der Waals surface area contributed by atoms with Crippen molar-refractivity contribution in [2.75, 3.05) is 6.54 Å². The van der Waals surface area contributed by atoms with Crippen molar-refractivity contribution in [2.45, 2.75) is 6.54 Å². The molecule has 0 saturated carbocycles. The molecule has 2 rings (SSSR count). The van der Waals surface area contributed by atoms with Gasteiger partial charge >= 0.3 is 0 Å². The second-order valence-corrected chi connectivity index (χ2v) is 3.57. The number of nitrogens with one attached hydrogen (secondary N) is 2. The Balaban J connectivity index is 1.87. The third-order valence-electron chi connectivity index (χ3n) is 2.32. The number of carbonyl (C=O) groups is 1. The van der Waals surface area contributed by atoms with Crippen LogP contribution in [0.4, 0.5) is 4.39 Å². The first-order chi connectivity index (χ1) is 8.25. The SMILES string of the molecule is O=C(NCc1ccc(F)cc1)C1=CCN=CN1. The van der Waals surface area contributed by atoms with Crippen LogP contribution in [0.15, 0.2) is 41.0 Å². The summed E-state index contributed by atoms with van der Waals surface area (Å²) in [7, 11) is 0. The van der Waals surface area contributed by atoms with Gasteiger partial charge in [0.1, 0.15) is 11.5 Å². The van der Waals surface area contributed by atoms with Gasteiger partial charge in [-0.05, 0) is 23.8 Å². The lowest BCUT2D eigenvalue weighted by atomic mass is 10.2. The van der Waals surface area contributed by atoms with E-state index in [1.807, 2.05) is 0 Å². The maximum absolute atomic E-state index is 12.7. The summed E-state index contributed by atoms with van der Waals surface area (Å²) < 4.78 is 12.7. The van der Waals surface area contributed by atoms with Gasteiger partial charge in [-0.2, -0.15) is 0 Å². The molecule has 1 aliphatic rings. The van der Waals surface area contributed by atoms with Gasteiger partial charge in [0.05, 0.1) is 12.9 Å². The van der Waals surface area contributed by atoms with E-state index in [-0.39, 0.29) is 11.7 Å². The molecule has 5 heteroatoms. The molecule has 0 aromatic heterocycles. The quantitative estimate of drug-likeness (QED) is 0.817. The fraction of sp³-hybridized carbons (Fsp3) is 0.167. The molecule has 1 aromatic rings. The molecule has 0 fully saturated rings. The van der Waals surface area contributed by atoms with Crippen LogP contribution in [0.1, 0.15) is 5.56 Å². The molecule has 0 aliphatic carbocycles. The molecule has 2 N–H and O–H groups in total. The molecule has 1 aliphatic heterocycles. The van der Waals surface area contributed by atoms with Crippen LogP contribution in [-0.2, 0) is 11.3 Å². The van der Waals surface area contributed by atoms with Crippen LogP contribution in [0.3, 0.4) is 0 Å². The van der Waals surface area contributed by atoms with Crippen LogP contribution in [0.5, 0.6) is 0 Å². The van der Waals surface area contributed by atoms with Gasteiger partial charge in [-0.25, -0.2) is 4.39 Å². The van der Waals surface area contributed by atoms with E-state index in [9.17, 15) is 9.18 Å². The van der Waals surface area contributed by atoms with Crippen molar-refractivity contribution in [3.8, 4) is 0 Å². The van der Waals surface area contributed by atoms with Crippen molar-refractivity contribution in [2.24, 2.45) is 4.99 Å². The standard InChI is InChI=1S/C12H12FN3O/c13-10-3-1-9(2-4-10)7-15-12(17)11-5-6-14-8-16-11/h1-5,8H,6-7H2,(H,14,16)(H,15,17). The lowest BCUT2D eigenvalue weighted by molar-refractivity contribution is -0.117. The summed E-state index contributed by atoms with van der Waals surface area (Å²) in [5, 5.41) is 5.50. The Morgan fingerprint density at radius 3 is 2.82 bits per heavy atom. The number of hydrogen-bond acceptors (Lipinski definition) is 3. The van der Waals surface area contributed by atoms with Crippen LogP contribution >= 0.6 is 0 Å².